The van der Waals surface area contributed by atoms with E-state index in [0.717, 1.165) is 70.4 Å². The van der Waals surface area contributed by atoms with Crippen LogP contribution >= 0.6 is 11.3 Å². The molecule has 0 saturated heterocycles. The zero-order valence-corrected chi connectivity index (χ0v) is 25.9. The molecular formula is C32H43N5O3S. The van der Waals surface area contributed by atoms with E-state index in [2.05, 4.69) is 45.2 Å². The number of allylic oxidation sites excluding steroid dienone is 2. The molecule has 2 heterocycles. The number of unbranched alkanes of at least 4 members (excludes halogenated alkanes) is 1. The van der Waals surface area contributed by atoms with E-state index in [-0.39, 0.29) is 6.03 Å². The van der Waals surface area contributed by atoms with Crippen LogP contribution < -0.4 is 10.6 Å². The number of fused-ring (bicyclic) bond motifs is 1. The molecule has 8 nitrogen and oxygen atoms in total. The standard InChI is InChI=1S/C22H23N5OS.C10H20O2/c1-5-15(13-25-14(3)4)16-11-17(18-9-7-8-10-24-18)20-19(12-16)26-22(29-20)27-21(28)23-6-2;1-4-6-8-10(3,7-5-2)9(11)12/h5,7-13H,1,6H2,2-4H3,(H2,23,26,27,28);4-8H2,1-3H3,(H,11,12)/b15-13+;. The number of pyridine rings is 1. The van der Waals surface area contributed by atoms with Gasteiger partial charge in [0.05, 0.1) is 21.3 Å². The molecule has 0 fully saturated rings. The van der Waals surface area contributed by atoms with Gasteiger partial charge in [0.25, 0.3) is 0 Å². The molecule has 0 saturated carbocycles. The SMILES string of the molecule is C=C/C(=C\N=C(C)C)c1cc(-c2ccccn2)c2sc(NC(=O)NCC)nc2c1.CCCCC(C)(CCC)C(=O)O. The van der Waals surface area contributed by atoms with Crippen molar-refractivity contribution in [3.8, 4) is 11.3 Å². The van der Waals surface area contributed by atoms with Crippen molar-refractivity contribution < 1.29 is 14.7 Å². The Bertz CT molecular complexity index is 1380. The highest BCUT2D eigenvalue weighted by Gasteiger charge is 2.30. The normalized spacial score (nSPS) is 12.5. The van der Waals surface area contributed by atoms with Gasteiger partial charge in [0.15, 0.2) is 5.13 Å². The van der Waals surface area contributed by atoms with Gasteiger partial charge in [-0.15, -0.1) is 0 Å². The summed E-state index contributed by atoms with van der Waals surface area (Å²) in [6, 6.07) is 9.56. The number of urea groups is 1. The largest absolute Gasteiger partial charge is 0.481 e. The summed E-state index contributed by atoms with van der Waals surface area (Å²) < 4.78 is 0.956. The molecule has 1 unspecified atom stereocenters. The summed E-state index contributed by atoms with van der Waals surface area (Å²) in [5.41, 5.74) is 4.87. The molecule has 41 heavy (non-hydrogen) atoms. The number of nitrogens with zero attached hydrogens (tertiary/aromatic N) is 3. The Labute approximate surface area is 247 Å². The first-order chi connectivity index (χ1) is 19.6. The topological polar surface area (TPSA) is 117 Å². The van der Waals surface area contributed by atoms with E-state index in [1.807, 2.05) is 58.9 Å². The summed E-state index contributed by atoms with van der Waals surface area (Å²) in [4.78, 5) is 36.4. The summed E-state index contributed by atoms with van der Waals surface area (Å²) in [5.74, 6) is -0.641. The molecule has 0 aliphatic rings. The van der Waals surface area contributed by atoms with E-state index in [9.17, 15) is 9.59 Å². The quantitative estimate of drug-likeness (QED) is 0.147. The molecule has 0 radical (unpaired) electrons. The first-order valence-electron chi connectivity index (χ1n) is 14.1. The van der Waals surface area contributed by atoms with Crippen molar-refractivity contribution in [3.63, 3.8) is 0 Å². The zero-order valence-electron chi connectivity index (χ0n) is 25.1. The summed E-state index contributed by atoms with van der Waals surface area (Å²) in [6.07, 6.45) is 9.98. The van der Waals surface area contributed by atoms with Crippen molar-refractivity contribution in [1.82, 2.24) is 15.3 Å². The maximum atomic E-state index is 11.9. The number of carboxylic acid groups (broad SMARTS) is 1. The summed E-state index contributed by atoms with van der Waals surface area (Å²) in [5, 5.41) is 15.0. The molecule has 0 aliphatic heterocycles. The van der Waals surface area contributed by atoms with Gasteiger partial charge in [-0.05, 0) is 75.9 Å². The van der Waals surface area contributed by atoms with Crippen LogP contribution in [-0.2, 0) is 4.79 Å². The van der Waals surface area contributed by atoms with Gasteiger partial charge in [0.1, 0.15) is 0 Å². The number of carbonyl (C=O) groups is 2. The molecule has 9 heteroatoms. The van der Waals surface area contributed by atoms with Gasteiger partial charge in [0.2, 0.25) is 0 Å². The van der Waals surface area contributed by atoms with E-state index >= 15 is 0 Å². The number of amides is 2. The fourth-order valence-corrected chi connectivity index (χ4v) is 5.13. The van der Waals surface area contributed by atoms with Crippen LogP contribution in [-0.4, -0.2) is 39.3 Å². The smallest absolute Gasteiger partial charge is 0.321 e. The molecule has 1 aromatic carbocycles. The molecule has 220 valence electrons. The monoisotopic (exact) mass is 577 g/mol. The van der Waals surface area contributed by atoms with Crippen molar-refractivity contribution >= 4 is 50.0 Å². The number of aliphatic imine (C=N–C) groups is 1. The van der Waals surface area contributed by atoms with Gasteiger partial charge in [0, 0.05) is 30.2 Å². The fourth-order valence-electron chi connectivity index (χ4n) is 4.17. The zero-order chi connectivity index (χ0) is 30.4. The van der Waals surface area contributed by atoms with Crippen LogP contribution in [0.2, 0.25) is 0 Å². The van der Waals surface area contributed by atoms with Crippen LogP contribution in [0.3, 0.4) is 0 Å². The molecule has 3 aromatic rings. The van der Waals surface area contributed by atoms with Gasteiger partial charge in [-0.3, -0.25) is 20.1 Å². The molecule has 3 N–H and O–H groups in total. The first kappa shape index (κ1) is 33.4. The minimum atomic E-state index is -0.641. The number of anilines is 1. The Balaban J connectivity index is 0.000000415. The van der Waals surface area contributed by atoms with Crippen molar-refractivity contribution in [3.05, 3.63) is 60.9 Å². The van der Waals surface area contributed by atoms with Crippen LogP contribution in [0.25, 0.3) is 27.0 Å². The lowest BCUT2D eigenvalue weighted by atomic mass is 9.81. The second kappa shape index (κ2) is 16.4. The first-order valence-corrected chi connectivity index (χ1v) is 14.9. The lowest BCUT2D eigenvalue weighted by Crippen LogP contribution is -2.28. The Morgan fingerprint density at radius 1 is 1.15 bits per heavy atom. The average Bonchev–Trinajstić information content (AvgIpc) is 3.35. The van der Waals surface area contributed by atoms with E-state index in [1.54, 1.807) is 18.5 Å². The van der Waals surface area contributed by atoms with Crippen LogP contribution in [0.5, 0.6) is 0 Å². The lowest BCUT2D eigenvalue weighted by molar-refractivity contribution is -0.148. The average molecular weight is 578 g/mol. The van der Waals surface area contributed by atoms with Crippen molar-refractivity contribution in [2.75, 3.05) is 11.9 Å². The van der Waals surface area contributed by atoms with E-state index < -0.39 is 11.4 Å². The highest BCUT2D eigenvalue weighted by atomic mass is 32.1. The van der Waals surface area contributed by atoms with Gasteiger partial charge < -0.3 is 10.4 Å². The van der Waals surface area contributed by atoms with Crippen LogP contribution in [0.15, 0.2) is 60.4 Å². The van der Waals surface area contributed by atoms with Gasteiger partial charge in [-0.25, -0.2) is 9.78 Å². The molecular weight excluding hydrogens is 534 g/mol. The van der Waals surface area contributed by atoms with Crippen molar-refractivity contribution in [2.24, 2.45) is 10.4 Å². The number of thiazole rings is 1. The third-order valence-corrected chi connectivity index (χ3v) is 7.42. The summed E-state index contributed by atoms with van der Waals surface area (Å²) >= 11 is 1.42. The van der Waals surface area contributed by atoms with E-state index in [1.165, 1.54) is 11.3 Å². The van der Waals surface area contributed by atoms with Gasteiger partial charge in [-0.2, -0.15) is 0 Å². The van der Waals surface area contributed by atoms with E-state index in [4.69, 9.17) is 5.11 Å². The highest BCUT2D eigenvalue weighted by molar-refractivity contribution is 7.22. The second-order valence-electron chi connectivity index (χ2n) is 10.2. The number of benzene rings is 1. The number of carbonyl (C=O) groups excluding carboxylic acids is 1. The Morgan fingerprint density at radius 2 is 1.90 bits per heavy atom. The Morgan fingerprint density at radius 3 is 2.46 bits per heavy atom. The maximum Gasteiger partial charge on any atom is 0.321 e. The third-order valence-electron chi connectivity index (χ3n) is 6.40. The molecule has 2 amide bonds. The van der Waals surface area contributed by atoms with Gasteiger partial charge in [-0.1, -0.05) is 63.2 Å². The molecule has 3 rings (SSSR count). The number of aromatic nitrogens is 2. The Kier molecular flexibility index (Phi) is 13.4. The number of hydrogen-bond acceptors (Lipinski definition) is 6. The number of rotatable bonds is 12. The molecule has 0 spiro atoms. The predicted molar refractivity (Wildman–Crippen MR) is 173 cm³/mol. The lowest BCUT2D eigenvalue weighted by Gasteiger charge is -2.23. The number of hydrogen-bond donors (Lipinski definition) is 3. The van der Waals surface area contributed by atoms with Crippen molar-refractivity contribution in [1.29, 1.82) is 0 Å². The summed E-state index contributed by atoms with van der Waals surface area (Å²) in [7, 11) is 0. The number of carboxylic acids is 1. The molecule has 1 atom stereocenters. The van der Waals surface area contributed by atoms with E-state index in [0.29, 0.717) is 11.7 Å². The third kappa shape index (κ3) is 9.93. The number of nitrogens with one attached hydrogen (secondary N) is 2. The summed E-state index contributed by atoms with van der Waals surface area (Å²) in [6.45, 7) is 16.2. The molecule has 2 aromatic heterocycles. The highest BCUT2D eigenvalue weighted by Crippen LogP contribution is 2.37. The maximum absolute atomic E-state index is 11.9. The Hall–Kier alpha value is -3.85. The molecule has 0 aliphatic carbocycles. The minimum absolute atomic E-state index is 0.273. The van der Waals surface area contributed by atoms with Crippen LogP contribution in [0.4, 0.5) is 9.93 Å². The number of aliphatic carboxylic acids is 1. The fraction of sp³-hybridized carbons (Fsp3) is 0.406. The van der Waals surface area contributed by atoms with Crippen LogP contribution in [0.1, 0.15) is 79.2 Å². The van der Waals surface area contributed by atoms with Crippen LogP contribution in [0, 0.1) is 5.41 Å². The predicted octanol–water partition coefficient (Wildman–Crippen LogP) is 8.58. The second-order valence-corrected chi connectivity index (χ2v) is 11.2. The van der Waals surface area contributed by atoms with Gasteiger partial charge >= 0.3 is 12.0 Å². The van der Waals surface area contributed by atoms with Crippen molar-refractivity contribution in [2.45, 2.75) is 73.6 Å². The molecule has 0 bridgehead atoms. The minimum Gasteiger partial charge on any atom is -0.481 e.